The molecule has 6 heteroatoms. The van der Waals surface area contributed by atoms with Crippen molar-refractivity contribution in [3.05, 3.63) is 24.3 Å². The summed E-state index contributed by atoms with van der Waals surface area (Å²) in [5.41, 5.74) is 0. The van der Waals surface area contributed by atoms with Gasteiger partial charge in [0.05, 0.1) is 25.4 Å². The first kappa shape index (κ1) is 52.3. The highest BCUT2D eigenvalue weighted by Crippen LogP contribution is 2.15. The van der Waals surface area contributed by atoms with Crippen LogP contribution in [0.1, 0.15) is 245 Å². The van der Waals surface area contributed by atoms with Crippen molar-refractivity contribution in [2.75, 3.05) is 13.2 Å². The second-order valence-corrected chi connectivity index (χ2v) is 16.1. The van der Waals surface area contributed by atoms with Crippen molar-refractivity contribution in [2.45, 2.75) is 257 Å². The number of amides is 1. The Balaban J connectivity index is 3.59. The summed E-state index contributed by atoms with van der Waals surface area (Å²) in [6, 6.07) is -0.651. The first-order chi connectivity index (χ1) is 26.5. The van der Waals surface area contributed by atoms with Crippen LogP contribution in [-0.2, 0) is 14.3 Å². The second kappa shape index (κ2) is 44.1. The highest BCUT2D eigenvalue weighted by molar-refractivity contribution is 5.76. The SMILES string of the molecule is CCCCCCCCCCCCCCCC/C=C/C(O)C(CO)NC(=O)CCCCCC/C=C\CCCCOC(=O)CCCCCCCCCCCCC. The van der Waals surface area contributed by atoms with Gasteiger partial charge in [0.1, 0.15) is 0 Å². The summed E-state index contributed by atoms with van der Waals surface area (Å²) in [6.45, 7) is 4.80. The maximum Gasteiger partial charge on any atom is 0.305 e. The molecule has 0 rings (SSSR count). The Kier molecular flexibility index (Phi) is 42.7. The topological polar surface area (TPSA) is 95.9 Å². The molecular formula is C48H91NO5. The third-order valence-corrected chi connectivity index (χ3v) is 10.7. The summed E-state index contributed by atoms with van der Waals surface area (Å²) < 4.78 is 5.41. The van der Waals surface area contributed by atoms with Crippen LogP contribution >= 0.6 is 0 Å². The highest BCUT2D eigenvalue weighted by Gasteiger charge is 2.18. The van der Waals surface area contributed by atoms with Crippen LogP contribution in [-0.4, -0.2) is 47.4 Å². The van der Waals surface area contributed by atoms with E-state index < -0.39 is 12.1 Å². The average molecular weight is 762 g/mol. The Bertz CT molecular complexity index is 843. The molecule has 54 heavy (non-hydrogen) atoms. The zero-order valence-electron chi connectivity index (χ0n) is 36.0. The third-order valence-electron chi connectivity index (χ3n) is 10.7. The molecule has 2 unspecified atom stereocenters. The van der Waals surface area contributed by atoms with Gasteiger partial charge in [-0.3, -0.25) is 9.59 Å². The lowest BCUT2D eigenvalue weighted by Crippen LogP contribution is -2.45. The predicted molar refractivity (Wildman–Crippen MR) is 232 cm³/mol. The number of aliphatic hydroxyl groups excluding tert-OH is 2. The largest absolute Gasteiger partial charge is 0.466 e. The Morgan fingerprint density at radius 3 is 1.31 bits per heavy atom. The van der Waals surface area contributed by atoms with Crippen LogP contribution in [0.3, 0.4) is 0 Å². The van der Waals surface area contributed by atoms with E-state index in [9.17, 15) is 19.8 Å². The number of carbonyl (C=O) groups is 2. The molecule has 2 atom stereocenters. The van der Waals surface area contributed by atoms with E-state index in [1.54, 1.807) is 6.08 Å². The van der Waals surface area contributed by atoms with Crippen LogP contribution in [0, 0.1) is 0 Å². The van der Waals surface area contributed by atoms with Gasteiger partial charge in [-0.2, -0.15) is 0 Å². The number of hydrogen-bond donors (Lipinski definition) is 3. The maximum absolute atomic E-state index is 12.4. The first-order valence-electron chi connectivity index (χ1n) is 23.6. The molecule has 0 spiro atoms. The molecular weight excluding hydrogens is 671 g/mol. The number of hydrogen-bond acceptors (Lipinski definition) is 5. The fraction of sp³-hybridized carbons (Fsp3) is 0.875. The van der Waals surface area contributed by atoms with Gasteiger partial charge < -0.3 is 20.3 Å². The number of esters is 1. The lowest BCUT2D eigenvalue weighted by atomic mass is 10.0. The van der Waals surface area contributed by atoms with Crippen molar-refractivity contribution < 1.29 is 24.5 Å². The average Bonchev–Trinajstić information content (AvgIpc) is 3.17. The van der Waals surface area contributed by atoms with Gasteiger partial charge in [0.25, 0.3) is 0 Å². The van der Waals surface area contributed by atoms with E-state index in [0.717, 1.165) is 77.0 Å². The Morgan fingerprint density at radius 2 is 0.870 bits per heavy atom. The first-order valence-corrected chi connectivity index (χ1v) is 23.6. The maximum atomic E-state index is 12.4. The number of unbranched alkanes of at least 4 members (excludes halogenated alkanes) is 30. The summed E-state index contributed by atoms with van der Waals surface area (Å²) in [7, 11) is 0. The number of ether oxygens (including phenoxy) is 1. The molecule has 318 valence electrons. The monoisotopic (exact) mass is 762 g/mol. The Hall–Kier alpha value is -1.66. The van der Waals surface area contributed by atoms with E-state index in [-0.39, 0.29) is 18.5 Å². The van der Waals surface area contributed by atoms with Gasteiger partial charge in [-0.15, -0.1) is 0 Å². The molecule has 0 aromatic heterocycles. The molecule has 0 aliphatic carbocycles. The van der Waals surface area contributed by atoms with E-state index in [4.69, 9.17) is 4.74 Å². The molecule has 3 N–H and O–H groups in total. The van der Waals surface area contributed by atoms with Crippen molar-refractivity contribution in [3.63, 3.8) is 0 Å². The van der Waals surface area contributed by atoms with Crippen LogP contribution in [0.15, 0.2) is 24.3 Å². The van der Waals surface area contributed by atoms with Gasteiger partial charge in [0, 0.05) is 12.8 Å². The molecule has 0 aliphatic rings. The number of aliphatic hydroxyl groups is 2. The summed E-state index contributed by atoms with van der Waals surface area (Å²) in [6.07, 6.45) is 50.2. The smallest absolute Gasteiger partial charge is 0.305 e. The lowest BCUT2D eigenvalue weighted by Gasteiger charge is -2.20. The zero-order valence-corrected chi connectivity index (χ0v) is 36.0. The van der Waals surface area contributed by atoms with Crippen molar-refractivity contribution in [1.29, 1.82) is 0 Å². The number of allylic oxidation sites excluding steroid dienone is 3. The molecule has 0 bridgehead atoms. The number of rotatable bonds is 43. The molecule has 6 nitrogen and oxygen atoms in total. The summed E-state index contributed by atoms with van der Waals surface area (Å²) in [4.78, 5) is 24.3. The van der Waals surface area contributed by atoms with E-state index in [0.29, 0.717) is 19.4 Å². The van der Waals surface area contributed by atoms with E-state index in [2.05, 4.69) is 31.3 Å². The van der Waals surface area contributed by atoms with Gasteiger partial charge in [-0.1, -0.05) is 199 Å². The van der Waals surface area contributed by atoms with Crippen molar-refractivity contribution >= 4 is 11.9 Å². The fourth-order valence-corrected chi connectivity index (χ4v) is 7.04. The van der Waals surface area contributed by atoms with Crippen LogP contribution in [0.4, 0.5) is 0 Å². The van der Waals surface area contributed by atoms with Gasteiger partial charge in [0.15, 0.2) is 0 Å². The fourth-order valence-electron chi connectivity index (χ4n) is 7.04. The molecule has 0 fully saturated rings. The van der Waals surface area contributed by atoms with Gasteiger partial charge >= 0.3 is 5.97 Å². The van der Waals surface area contributed by atoms with Crippen LogP contribution in [0.25, 0.3) is 0 Å². The standard InChI is InChI=1S/C48H91NO5/c1-3-5-7-9-11-13-15-16-17-18-19-21-24-28-32-36-40-46(51)45(44-50)49-47(52)41-37-33-29-25-22-23-27-31-35-39-43-54-48(53)42-38-34-30-26-20-14-12-10-8-6-4-2/h23,27,36,40,45-46,50-51H,3-22,24-26,28-35,37-39,41-44H2,1-2H3,(H,49,52)/b27-23-,40-36+. The van der Waals surface area contributed by atoms with Gasteiger partial charge in [0.2, 0.25) is 5.91 Å². The molecule has 1 amide bonds. The third kappa shape index (κ3) is 40.0. The van der Waals surface area contributed by atoms with Crippen molar-refractivity contribution in [3.8, 4) is 0 Å². The normalized spacial score (nSPS) is 12.9. The lowest BCUT2D eigenvalue weighted by molar-refractivity contribution is -0.143. The minimum absolute atomic E-state index is 0.0392. The van der Waals surface area contributed by atoms with E-state index in [1.807, 2.05) is 6.08 Å². The van der Waals surface area contributed by atoms with Gasteiger partial charge in [-0.25, -0.2) is 0 Å². The second-order valence-electron chi connectivity index (χ2n) is 16.1. The Morgan fingerprint density at radius 1 is 0.500 bits per heavy atom. The summed E-state index contributed by atoms with van der Waals surface area (Å²) >= 11 is 0. The molecule has 0 heterocycles. The quantitative estimate of drug-likeness (QED) is 0.0327. The number of carbonyl (C=O) groups excluding carboxylic acids is 2. The van der Waals surface area contributed by atoms with Crippen LogP contribution < -0.4 is 5.32 Å². The summed E-state index contributed by atoms with van der Waals surface area (Å²) in [5, 5.41) is 23.0. The van der Waals surface area contributed by atoms with Crippen LogP contribution in [0.2, 0.25) is 0 Å². The molecule has 0 saturated heterocycles. The minimum atomic E-state index is -0.864. The van der Waals surface area contributed by atoms with Gasteiger partial charge in [-0.05, 0) is 57.8 Å². The number of nitrogens with one attached hydrogen (secondary N) is 1. The zero-order chi connectivity index (χ0) is 39.4. The predicted octanol–water partition coefficient (Wildman–Crippen LogP) is 13.6. The molecule has 0 aliphatic heterocycles. The summed E-state index contributed by atoms with van der Waals surface area (Å²) in [5.74, 6) is -0.143. The molecule has 0 aromatic rings. The molecule has 0 aromatic carbocycles. The van der Waals surface area contributed by atoms with Crippen molar-refractivity contribution in [1.82, 2.24) is 5.32 Å². The van der Waals surface area contributed by atoms with E-state index >= 15 is 0 Å². The highest BCUT2D eigenvalue weighted by atomic mass is 16.5. The minimum Gasteiger partial charge on any atom is -0.466 e. The molecule has 0 radical (unpaired) electrons. The van der Waals surface area contributed by atoms with Crippen LogP contribution in [0.5, 0.6) is 0 Å². The Labute approximate surface area is 335 Å². The van der Waals surface area contributed by atoms with E-state index in [1.165, 1.54) is 141 Å². The molecule has 0 saturated carbocycles. The van der Waals surface area contributed by atoms with Crippen molar-refractivity contribution in [2.24, 2.45) is 0 Å².